The smallest absolute Gasteiger partial charge is 0.346 e. The van der Waals surface area contributed by atoms with E-state index in [2.05, 4.69) is 11.7 Å². The van der Waals surface area contributed by atoms with Crippen molar-refractivity contribution in [3.05, 3.63) is 29.8 Å². The van der Waals surface area contributed by atoms with Crippen LogP contribution in [0, 0.1) is 0 Å². The molecule has 94 valence electrons. The molecule has 1 atom stereocenters. The zero-order valence-electron chi connectivity index (χ0n) is 10.7. The van der Waals surface area contributed by atoms with E-state index >= 15 is 0 Å². The molecule has 1 rings (SSSR count). The molecule has 0 spiro atoms. The molecule has 0 amide bonds. The van der Waals surface area contributed by atoms with Crippen LogP contribution in [0.25, 0.3) is 0 Å². The number of esters is 1. The lowest BCUT2D eigenvalue weighted by atomic mass is 10.1. The lowest BCUT2D eigenvalue weighted by Crippen LogP contribution is -2.24. The Morgan fingerprint density at radius 3 is 2.47 bits per heavy atom. The third-order valence-corrected chi connectivity index (χ3v) is 2.59. The molecule has 0 bridgehead atoms. The Morgan fingerprint density at radius 2 is 1.94 bits per heavy atom. The van der Waals surface area contributed by atoms with Crippen molar-refractivity contribution in [2.75, 3.05) is 7.11 Å². The first-order valence-corrected chi connectivity index (χ1v) is 6.00. The van der Waals surface area contributed by atoms with Crippen molar-refractivity contribution in [1.29, 1.82) is 0 Å². The van der Waals surface area contributed by atoms with Crippen LogP contribution in [-0.4, -0.2) is 19.2 Å². The van der Waals surface area contributed by atoms with Gasteiger partial charge in [-0.15, -0.1) is 0 Å². The molecular formula is C14H20O3. The molecule has 0 heterocycles. The van der Waals surface area contributed by atoms with Crippen molar-refractivity contribution < 1.29 is 14.3 Å². The highest BCUT2D eigenvalue weighted by Gasteiger charge is 2.14. The van der Waals surface area contributed by atoms with Gasteiger partial charge in [-0.2, -0.15) is 0 Å². The number of ether oxygens (including phenoxy) is 2. The van der Waals surface area contributed by atoms with E-state index in [0.29, 0.717) is 5.75 Å². The third kappa shape index (κ3) is 4.47. The molecule has 0 aromatic heterocycles. The Hall–Kier alpha value is -1.51. The van der Waals surface area contributed by atoms with Gasteiger partial charge in [0.1, 0.15) is 5.75 Å². The maximum Gasteiger partial charge on any atom is 0.346 e. The van der Waals surface area contributed by atoms with Gasteiger partial charge < -0.3 is 9.47 Å². The quantitative estimate of drug-likeness (QED) is 0.712. The number of carbonyl (C=O) groups is 1. The second-order valence-corrected chi connectivity index (χ2v) is 4.03. The first-order valence-electron chi connectivity index (χ1n) is 6.00. The average molecular weight is 236 g/mol. The van der Waals surface area contributed by atoms with Crippen molar-refractivity contribution >= 4 is 5.97 Å². The minimum absolute atomic E-state index is 0.361. The summed E-state index contributed by atoms with van der Waals surface area (Å²) in [7, 11) is 1.36. The molecule has 0 aliphatic carbocycles. The minimum Gasteiger partial charge on any atom is -0.479 e. The van der Waals surface area contributed by atoms with Gasteiger partial charge in [-0.05, 0) is 37.5 Å². The minimum atomic E-state index is -0.568. The van der Waals surface area contributed by atoms with Crippen molar-refractivity contribution in [2.45, 2.75) is 39.2 Å². The van der Waals surface area contributed by atoms with Crippen molar-refractivity contribution in [1.82, 2.24) is 0 Å². The largest absolute Gasteiger partial charge is 0.479 e. The van der Waals surface area contributed by atoms with Gasteiger partial charge in [0.05, 0.1) is 7.11 Å². The van der Waals surface area contributed by atoms with Crippen LogP contribution in [0.4, 0.5) is 0 Å². The molecule has 1 aromatic rings. The van der Waals surface area contributed by atoms with Crippen LogP contribution in [0.1, 0.15) is 32.3 Å². The summed E-state index contributed by atoms with van der Waals surface area (Å²) in [5.41, 5.74) is 1.30. The number of hydrogen-bond donors (Lipinski definition) is 0. The number of methoxy groups -OCH3 is 1. The summed E-state index contributed by atoms with van der Waals surface area (Å²) in [6.07, 6.45) is 2.90. The predicted octanol–water partition coefficient (Wildman–Crippen LogP) is 2.97. The average Bonchev–Trinajstić information content (AvgIpc) is 2.37. The zero-order valence-corrected chi connectivity index (χ0v) is 10.7. The topological polar surface area (TPSA) is 35.5 Å². The Balaban J connectivity index is 2.53. The van der Waals surface area contributed by atoms with Crippen molar-refractivity contribution in [3.8, 4) is 5.75 Å². The number of hydrogen-bond acceptors (Lipinski definition) is 3. The zero-order chi connectivity index (χ0) is 12.7. The number of benzene rings is 1. The molecule has 0 unspecified atom stereocenters. The Labute approximate surface area is 103 Å². The summed E-state index contributed by atoms with van der Waals surface area (Å²) in [6.45, 7) is 3.85. The summed E-state index contributed by atoms with van der Waals surface area (Å²) >= 11 is 0. The molecule has 0 saturated heterocycles. The van der Waals surface area contributed by atoms with Crippen LogP contribution >= 0.6 is 0 Å². The fourth-order valence-electron chi connectivity index (χ4n) is 1.53. The number of unbranched alkanes of at least 4 members (excludes halogenated alkanes) is 1. The van der Waals surface area contributed by atoms with E-state index < -0.39 is 6.10 Å². The standard InChI is InChI=1S/C14H20O3/c1-4-5-6-12-7-9-13(10-8-12)17-11(2)14(15)16-3/h7-11H,4-6H2,1-3H3/t11-/m0/s1. The highest BCUT2D eigenvalue weighted by atomic mass is 16.6. The summed E-state index contributed by atoms with van der Waals surface area (Å²) in [4.78, 5) is 11.2. The normalized spacial score (nSPS) is 11.9. The lowest BCUT2D eigenvalue weighted by Gasteiger charge is -2.12. The third-order valence-electron chi connectivity index (χ3n) is 2.59. The highest BCUT2D eigenvalue weighted by molar-refractivity contribution is 5.74. The molecule has 1 aromatic carbocycles. The molecule has 0 aliphatic rings. The molecular weight excluding hydrogens is 216 g/mol. The molecule has 0 aliphatic heterocycles. The molecule has 3 heteroatoms. The van der Waals surface area contributed by atoms with Gasteiger partial charge in [-0.3, -0.25) is 0 Å². The second-order valence-electron chi connectivity index (χ2n) is 4.03. The first-order chi connectivity index (χ1) is 8.17. The number of aryl methyl sites for hydroxylation is 1. The van der Waals surface area contributed by atoms with Crippen LogP contribution in [0.5, 0.6) is 5.75 Å². The van der Waals surface area contributed by atoms with E-state index in [0.717, 1.165) is 6.42 Å². The number of rotatable bonds is 6. The van der Waals surface area contributed by atoms with E-state index in [9.17, 15) is 4.79 Å². The van der Waals surface area contributed by atoms with E-state index in [1.165, 1.54) is 25.5 Å². The molecule has 0 saturated carbocycles. The van der Waals surface area contributed by atoms with Crippen LogP contribution in [0.15, 0.2) is 24.3 Å². The van der Waals surface area contributed by atoms with Crippen LogP contribution in [0.3, 0.4) is 0 Å². The molecule has 0 fully saturated rings. The fraction of sp³-hybridized carbons (Fsp3) is 0.500. The highest BCUT2D eigenvalue weighted by Crippen LogP contribution is 2.15. The monoisotopic (exact) mass is 236 g/mol. The van der Waals surface area contributed by atoms with Gasteiger partial charge in [0.2, 0.25) is 0 Å². The van der Waals surface area contributed by atoms with Gasteiger partial charge in [0.25, 0.3) is 0 Å². The predicted molar refractivity (Wildman–Crippen MR) is 67.2 cm³/mol. The van der Waals surface area contributed by atoms with E-state index in [1.54, 1.807) is 6.92 Å². The Bertz CT molecular complexity index is 343. The summed E-state index contributed by atoms with van der Waals surface area (Å²) in [5.74, 6) is 0.336. The summed E-state index contributed by atoms with van der Waals surface area (Å²) in [5, 5.41) is 0. The van der Waals surface area contributed by atoms with Gasteiger partial charge in [-0.1, -0.05) is 25.5 Å². The summed E-state index contributed by atoms with van der Waals surface area (Å²) < 4.78 is 10.0. The molecule has 0 N–H and O–H groups in total. The van der Waals surface area contributed by atoms with E-state index in [4.69, 9.17) is 4.74 Å². The number of carbonyl (C=O) groups excluding carboxylic acids is 1. The maximum atomic E-state index is 11.2. The SMILES string of the molecule is CCCCc1ccc(O[C@@H](C)C(=O)OC)cc1. The van der Waals surface area contributed by atoms with Gasteiger partial charge in [0.15, 0.2) is 6.10 Å². The maximum absolute atomic E-state index is 11.2. The Morgan fingerprint density at radius 1 is 1.29 bits per heavy atom. The molecule has 17 heavy (non-hydrogen) atoms. The molecule has 3 nitrogen and oxygen atoms in total. The second kappa shape index (κ2) is 6.94. The van der Waals surface area contributed by atoms with E-state index in [1.807, 2.05) is 24.3 Å². The van der Waals surface area contributed by atoms with Crippen LogP contribution in [-0.2, 0) is 16.0 Å². The van der Waals surface area contributed by atoms with Gasteiger partial charge in [0, 0.05) is 0 Å². The van der Waals surface area contributed by atoms with Crippen molar-refractivity contribution in [2.24, 2.45) is 0 Å². The summed E-state index contributed by atoms with van der Waals surface area (Å²) in [6, 6.07) is 7.86. The van der Waals surface area contributed by atoms with E-state index in [-0.39, 0.29) is 5.97 Å². The van der Waals surface area contributed by atoms with Gasteiger partial charge >= 0.3 is 5.97 Å². The van der Waals surface area contributed by atoms with Crippen LogP contribution in [0.2, 0.25) is 0 Å². The lowest BCUT2D eigenvalue weighted by molar-refractivity contribution is -0.147. The Kier molecular flexibility index (Phi) is 5.53. The first kappa shape index (κ1) is 13.6. The fourth-order valence-corrected chi connectivity index (χ4v) is 1.53. The van der Waals surface area contributed by atoms with Gasteiger partial charge in [-0.25, -0.2) is 4.79 Å². The van der Waals surface area contributed by atoms with Crippen LogP contribution < -0.4 is 4.74 Å². The molecule has 0 radical (unpaired) electrons. The van der Waals surface area contributed by atoms with Crippen molar-refractivity contribution in [3.63, 3.8) is 0 Å².